The number of nitrogen functional groups attached to an aromatic ring is 1. The molecule has 5 heteroatoms. The number of pyridine rings is 1. The van der Waals surface area contributed by atoms with Gasteiger partial charge in [-0.2, -0.15) is 0 Å². The fraction of sp³-hybridized carbons (Fsp3) is 0.200. The fourth-order valence-corrected chi connectivity index (χ4v) is 1.90. The Morgan fingerprint density at radius 1 is 1.25 bits per heavy atom. The van der Waals surface area contributed by atoms with E-state index in [1.54, 1.807) is 30.5 Å². The van der Waals surface area contributed by atoms with E-state index in [4.69, 9.17) is 22.1 Å². The van der Waals surface area contributed by atoms with Crippen LogP contribution < -0.4 is 10.5 Å². The third-order valence-corrected chi connectivity index (χ3v) is 2.94. The first-order valence-electron chi connectivity index (χ1n) is 6.19. The van der Waals surface area contributed by atoms with E-state index >= 15 is 0 Å². The van der Waals surface area contributed by atoms with Crippen molar-refractivity contribution < 1.29 is 9.53 Å². The van der Waals surface area contributed by atoms with E-state index in [2.05, 4.69) is 4.98 Å². The lowest BCUT2D eigenvalue weighted by molar-refractivity contribution is 0.103. The van der Waals surface area contributed by atoms with Crippen LogP contribution in [0, 0.1) is 0 Å². The van der Waals surface area contributed by atoms with Crippen LogP contribution >= 0.6 is 11.6 Å². The molecule has 1 heterocycles. The van der Waals surface area contributed by atoms with Crippen molar-refractivity contribution in [1.82, 2.24) is 4.98 Å². The van der Waals surface area contributed by atoms with E-state index in [-0.39, 0.29) is 11.9 Å². The van der Waals surface area contributed by atoms with E-state index < -0.39 is 0 Å². The lowest BCUT2D eigenvalue weighted by Gasteiger charge is -2.10. The van der Waals surface area contributed by atoms with Gasteiger partial charge < -0.3 is 10.5 Å². The highest BCUT2D eigenvalue weighted by Gasteiger charge is 2.12. The monoisotopic (exact) mass is 290 g/mol. The van der Waals surface area contributed by atoms with Gasteiger partial charge in [0.1, 0.15) is 5.75 Å². The molecule has 0 fully saturated rings. The number of carbonyl (C=O) groups excluding carboxylic acids is 1. The molecule has 0 amide bonds. The predicted octanol–water partition coefficient (Wildman–Crippen LogP) is 3.34. The number of rotatable bonds is 4. The van der Waals surface area contributed by atoms with Crippen LogP contribution in [0.4, 0.5) is 5.69 Å². The van der Waals surface area contributed by atoms with Gasteiger partial charge in [-0.1, -0.05) is 11.6 Å². The average Bonchev–Trinajstić information content (AvgIpc) is 2.40. The average molecular weight is 291 g/mol. The number of hydrogen-bond acceptors (Lipinski definition) is 4. The molecule has 1 aromatic heterocycles. The van der Waals surface area contributed by atoms with Gasteiger partial charge in [0, 0.05) is 17.3 Å². The Bertz CT molecular complexity index is 642. The van der Waals surface area contributed by atoms with Gasteiger partial charge in [-0.25, -0.2) is 0 Å². The minimum atomic E-state index is -0.173. The van der Waals surface area contributed by atoms with Crippen LogP contribution in [0.5, 0.6) is 5.75 Å². The maximum Gasteiger partial charge on any atom is 0.194 e. The van der Waals surface area contributed by atoms with Crippen molar-refractivity contribution in [2.24, 2.45) is 0 Å². The van der Waals surface area contributed by atoms with E-state index in [9.17, 15) is 4.79 Å². The van der Waals surface area contributed by atoms with Crippen molar-refractivity contribution >= 4 is 23.1 Å². The second kappa shape index (κ2) is 5.92. The highest BCUT2D eigenvalue weighted by atomic mass is 35.5. The molecule has 0 saturated carbocycles. The highest BCUT2D eigenvalue weighted by Crippen LogP contribution is 2.22. The van der Waals surface area contributed by atoms with Crippen molar-refractivity contribution in [3.05, 3.63) is 52.8 Å². The molecule has 0 atom stereocenters. The molecule has 20 heavy (non-hydrogen) atoms. The van der Waals surface area contributed by atoms with Crippen LogP contribution in [0.25, 0.3) is 0 Å². The van der Waals surface area contributed by atoms with Crippen LogP contribution in [0.1, 0.15) is 29.8 Å². The van der Waals surface area contributed by atoms with E-state index in [0.717, 1.165) is 0 Å². The molecular formula is C15H15ClN2O2. The summed E-state index contributed by atoms with van der Waals surface area (Å²) < 4.78 is 5.52. The van der Waals surface area contributed by atoms with Gasteiger partial charge in [0.05, 0.1) is 23.0 Å². The predicted molar refractivity (Wildman–Crippen MR) is 79.3 cm³/mol. The third-order valence-electron chi connectivity index (χ3n) is 2.61. The number of benzene rings is 1. The minimum Gasteiger partial charge on any atom is -0.489 e. The van der Waals surface area contributed by atoms with Gasteiger partial charge in [-0.05, 0) is 38.1 Å². The van der Waals surface area contributed by atoms with Crippen molar-refractivity contribution in [2.45, 2.75) is 20.0 Å². The first-order valence-corrected chi connectivity index (χ1v) is 6.56. The molecule has 1 aromatic carbocycles. The Hall–Kier alpha value is -2.07. The Morgan fingerprint density at radius 2 is 2.00 bits per heavy atom. The summed E-state index contributed by atoms with van der Waals surface area (Å²) in [5.41, 5.74) is 6.99. The van der Waals surface area contributed by atoms with Gasteiger partial charge in [0.2, 0.25) is 0 Å². The maximum atomic E-state index is 12.4. The van der Waals surface area contributed by atoms with Crippen LogP contribution in [0.2, 0.25) is 5.02 Å². The molecule has 2 N–H and O–H groups in total. The zero-order chi connectivity index (χ0) is 14.7. The molecule has 2 aromatic rings. The normalized spacial score (nSPS) is 10.6. The number of anilines is 1. The molecule has 104 valence electrons. The molecular weight excluding hydrogens is 276 g/mol. The number of halogens is 1. The van der Waals surface area contributed by atoms with E-state index in [1.165, 1.54) is 6.20 Å². The van der Waals surface area contributed by atoms with E-state index in [0.29, 0.717) is 27.6 Å². The Labute approximate surface area is 122 Å². The number of nitrogens with two attached hydrogens (primary N) is 1. The summed E-state index contributed by atoms with van der Waals surface area (Å²) in [5, 5.41) is 0.360. The molecule has 0 unspecified atom stereocenters. The molecule has 0 bridgehead atoms. The van der Waals surface area contributed by atoms with Crippen LogP contribution in [-0.2, 0) is 0 Å². The quantitative estimate of drug-likeness (QED) is 0.693. The van der Waals surface area contributed by atoms with Crippen LogP contribution in [0.3, 0.4) is 0 Å². The maximum absolute atomic E-state index is 12.4. The molecule has 0 saturated heterocycles. The highest BCUT2D eigenvalue weighted by molar-refractivity contribution is 6.33. The summed E-state index contributed by atoms with van der Waals surface area (Å²) in [7, 11) is 0. The Kier molecular flexibility index (Phi) is 4.25. The minimum absolute atomic E-state index is 0.0214. The van der Waals surface area contributed by atoms with Crippen LogP contribution in [-0.4, -0.2) is 16.9 Å². The molecule has 0 spiro atoms. The number of nitrogens with zero attached hydrogens (tertiary/aromatic N) is 1. The number of hydrogen-bond donors (Lipinski definition) is 1. The molecule has 4 nitrogen and oxygen atoms in total. The van der Waals surface area contributed by atoms with Crippen molar-refractivity contribution in [2.75, 3.05) is 5.73 Å². The molecule has 0 radical (unpaired) electrons. The summed E-state index contributed by atoms with van der Waals surface area (Å²) in [6.45, 7) is 3.82. The van der Waals surface area contributed by atoms with Crippen molar-refractivity contribution in [3.63, 3.8) is 0 Å². The summed E-state index contributed by atoms with van der Waals surface area (Å²) in [6.07, 6.45) is 3.10. The molecule has 0 aliphatic rings. The lowest BCUT2D eigenvalue weighted by atomic mass is 10.0. The smallest absolute Gasteiger partial charge is 0.194 e. The largest absolute Gasteiger partial charge is 0.489 e. The lowest BCUT2D eigenvalue weighted by Crippen LogP contribution is -2.08. The SMILES string of the molecule is CC(C)Oc1cncc(C(=O)c2ccc(N)c(Cl)c2)c1. The number of ether oxygens (including phenoxy) is 1. The van der Waals surface area contributed by atoms with E-state index in [1.807, 2.05) is 13.8 Å². The van der Waals surface area contributed by atoms with Gasteiger partial charge in [-0.15, -0.1) is 0 Å². The summed E-state index contributed by atoms with van der Waals surface area (Å²) >= 11 is 5.93. The first-order chi connectivity index (χ1) is 9.47. The molecule has 0 aliphatic carbocycles. The second-order valence-corrected chi connectivity index (χ2v) is 5.05. The Balaban J connectivity index is 2.30. The Morgan fingerprint density at radius 3 is 2.65 bits per heavy atom. The summed E-state index contributed by atoms with van der Waals surface area (Å²) in [5.74, 6) is 0.390. The summed E-state index contributed by atoms with van der Waals surface area (Å²) in [6, 6.07) is 6.46. The van der Waals surface area contributed by atoms with Gasteiger partial charge >= 0.3 is 0 Å². The topological polar surface area (TPSA) is 65.2 Å². The molecule has 0 aliphatic heterocycles. The number of carbonyl (C=O) groups is 1. The van der Waals surface area contributed by atoms with Gasteiger partial charge in [-0.3, -0.25) is 9.78 Å². The number of ketones is 1. The summed E-state index contributed by atoms with van der Waals surface area (Å²) in [4.78, 5) is 16.4. The number of aromatic nitrogens is 1. The second-order valence-electron chi connectivity index (χ2n) is 4.64. The van der Waals surface area contributed by atoms with Crippen LogP contribution in [0.15, 0.2) is 36.7 Å². The van der Waals surface area contributed by atoms with Crippen molar-refractivity contribution in [1.29, 1.82) is 0 Å². The first kappa shape index (κ1) is 14.3. The standard InChI is InChI=1S/C15H15ClN2O2/c1-9(2)20-12-5-11(7-18-8-12)15(19)10-3-4-14(17)13(16)6-10/h3-9H,17H2,1-2H3. The van der Waals surface area contributed by atoms with Gasteiger partial charge in [0.25, 0.3) is 0 Å². The van der Waals surface area contributed by atoms with Gasteiger partial charge in [0.15, 0.2) is 5.78 Å². The van der Waals surface area contributed by atoms with Crippen molar-refractivity contribution in [3.8, 4) is 5.75 Å². The molecule has 2 rings (SSSR count). The zero-order valence-corrected chi connectivity index (χ0v) is 12.0. The zero-order valence-electron chi connectivity index (χ0n) is 11.3. The fourth-order valence-electron chi connectivity index (χ4n) is 1.71. The third kappa shape index (κ3) is 3.27.